The quantitative estimate of drug-likeness (QED) is 0.487. The molecule has 0 radical (unpaired) electrons. The van der Waals surface area contributed by atoms with E-state index in [4.69, 9.17) is 13.9 Å². The first-order valence-corrected chi connectivity index (χ1v) is 10.8. The standard InChI is InChI=1S/C20H19BrN2O5S/c1-26-15-7-10-19(20(11-15)27-2)22-12-16-5-6-17(28-16)13-23-29(24,25)18-8-3-14(21)4-9-18/h3-12,23H,13H2,1-2H3. The molecule has 152 valence electrons. The van der Waals surface area contributed by atoms with Crippen molar-refractivity contribution in [3.63, 3.8) is 0 Å². The number of nitrogens with zero attached hydrogens (tertiary/aromatic N) is 1. The first kappa shape index (κ1) is 21.1. The zero-order chi connectivity index (χ0) is 20.9. The van der Waals surface area contributed by atoms with E-state index in [1.807, 2.05) is 0 Å². The van der Waals surface area contributed by atoms with Gasteiger partial charge in [0, 0.05) is 10.5 Å². The molecule has 29 heavy (non-hydrogen) atoms. The number of hydrogen-bond donors (Lipinski definition) is 1. The van der Waals surface area contributed by atoms with Crippen LogP contribution in [0.4, 0.5) is 5.69 Å². The molecule has 1 aromatic heterocycles. The number of furan rings is 1. The fourth-order valence-electron chi connectivity index (χ4n) is 2.45. The first-order chi connectivity index (χ1) is 13.9. The monoisotopic (exact) mass is 478 g/mol. The van der Waals surface area contributed by atoms with Crippen molar-refractivity contribution in [2.24, 2.45) is 4.99 Å². The summed E-state index contributed by atoms with van der Waals surface area (Å²) >= 11 is 3.28. The summed E-state index contributed by atoms with van der Waals surface area (Å²) in [6, 6.07) is 15.1. The third-order valence-corrected chi connectivity index (χ3v) is 5.91. The van der Waals surface area contributed by atoms with E-state index in [1.165, 1.54) is 18.3 Å². The van der Waals surface area contributed by atoms with Crippen LogP contribution < -0.4 is 14.2 Å². The minimum Gasteiger partial charge on any atom is -0.497 e. The molecule has 0 unspecified atom stereocenters. The van der Waals surface area contributed by atoms with Gasteiger partial charge in [-0.05, 0) is 48.5 Å². The molecule has 0 fully saturated rings. The third kappa shape index (κ3) is 5.47. The van der Waals surface area contributed by atoms with Gasteiger partial charge in [0.2, 0.25) is 10.0 Å². The minimum absolute atomic E-state index is 0.0259. The molecule has 2 aromatic carbocycles. The van der Waals surface area contributed by atoms with Gasteiger partial charge in [0.1, 0.15) is 28.7 Å². The van der Waals surface area contributed by atoms with E-state index in [2.05, 4.69) is 25.6 Å². The molecule has 9 heteroatoms. The topological polar surface area (TPSA) is 90.1 Å². The highest BCUT2D eigenvalue weighted by Gasteiger charge is 2.14. The zero-order valence-corrected chi connectivity index (χ0v) is 18.2. The highest BCUT2D eigenvalue weighted by molar-refractivity contribution is 9.10. The number of benzene rings is 2. The van der Waals surface area contributed by atoms with E-state index < -0.39 is 10.0 Å². The molecule has 0 saturated carbocycles. The Hall–Kier alpha value is -2.62. The highest BCUT2D eigenvalue weighted by Crippen LogP contribution is 2.31. The largest absolute Gasteiger partial charge is 0.497 e. The molecule has 0 atom stereocenters. The van der Waals surface area contributed by atoms with Crippen LogP contribution in [0, 0.1) is 0 Å². The average molecular weight is 479 g/mol. The van der Waals surface area contributed by atoms with Crippen molar-refractivity contribution in [1.29, 1.82) is 0 Å². The number of sulfonamides is 1. The van der Waals surface area contributed by atoms with E-state index in [0.717, 1.165) is 4.47 Å². The van der Waals surface area contributed by atoms with Gasteiger partial charge in [0.15, 0.2) is 0 Å². The number of methoxy groups -OCH3 is 2. The van der Waals surface area contributed by atoms with Crippen LogP contribution in [0.1, 0.15) is 11.5 Å². The van der Waals surface area contributed by atoms with Gasteiger partial charge >= 0.3 is 0 Å². The SMILES string of the molecule is COc1ccc(N=Cc2ccc(CNS(=O)(=O)c3ccc(Br)cc3)o2)c(OC)c1. The molecule has 1 heterocycles. The average Bonchev–Trinajstić information content (AvgIpc) is 3.19. The molecule has 3 rings (SSSR count). The smallest absolute Gasteiger partial charge is 0.240 e. The summed E-state index contributed by atoms with van der Waals surface area (Å²) in [5, 5.41) is 0. The van der Waals surface area contributed by atoms with Gasteiger partial charge in [-0.15, -0.1) is 0 Å². The van der Waals surface area contributed by atoms with Crippen molar-refractivity contribution in [2.45, 2.75) is 11.4 Å². The lowest BCUT2D eigenvalue weighted by Gasteiger charge is -2.06. The van der Waals surface area contributed by atoms with Crippen LogP contribution in [0.3, 0.4) is 0 Å². The number of ether oxygens (including phenoxy) is 2. The van der Waals surface area contributed by atoms with Gasteiger partial charge in [-0.3, -0.25) is 0 Å². The van der Waals surface area contributed by atoms with Crippen LogP contribution in [-0.4, -0.2) is 28.9 Å². The second kappa shape index (κ2) is 9.25. The number of halogens is 1. The predicted octanol–water partition coefficient (Wildman–Crippen LogP) is 4.29. The van der Waals surface area contributed by atoms with E-state index in [1.54, 1.807) is 56.7 Å². The van der Waals surface area contributed by atoms with Gasteiger partial charge in [-0.25, -0.2) is 18.1 Å². The Morgan fingerprint density at radius 2 is 1.83 bits per heavy atom. The first-order valence-electron chi connectivity index (χ1n) is 8.51. The second-order valence-corrected chi connectivity index (χ2v) is 8.56. The van der Waals surface area contributed by atoms with Gasteiger partial charge < -0.3 is 13.9 Å². The van der Waals surface area contributed by atoms with Crippen LogP contribution in [0.25, 0.3) is 0 Å². The summed E-state index contributed by atoms with van der Waals surface area (Å²) < 4.78 is 44.1. The van der Waals surface area contributed by atoms with Crippen molar-refractivity contribution in [3.05, 3.63) is 70.6 Å². The van der Waals surface area contributed by atoms with Crippen LogP contribution in [-0.2, 0) is 16.6 Å². The zero-order valence-electron chi connectivity index (χ0n) is 15.8. The summed E-state index contributed by atoms with van der Waals surface area (Å²) in [4.78, 5) is 4.54. The summed E-state index contributed by atoms with van der Waals surface area (Å²) in [5.41, 5.74) is 0.613. The fourth-order valence-corrected chi connectivity index (χ4v) is 3.70. The molecular weight excluding hydrogens is 460 g/mol. The van der Waals surface area contributed by atoms with Crippen molar-refractivity contribution >= 4 is 37.9 Å². The van der Waals surface area contributed by atoms with Crippen LogP contribution in [0.15, 0.2) is 73.4 Å². The second-order valence-electron chi connectivity index (χ2n) is 5.88. The number of nitrogens with one attached hydrogen (secondary N) is 1. The van der Waals surface area contributed by atoms with E-state index in [0.29, 0.717) is 28.7 Å². The minimum atomic E-state index is -3.63. The van der Waals surface area contributed by atoms with E-state index in [9.17, 15) is 8.42 Å². The van der Waals surface area contributed by atoms with Crippen molar-refractivity contribution in [2.75, 3.05) is 14.2 Å². The van der Waals surface area contributed by atoms with E-state index in [-0.39, 0.29) is 11.4 Å². The molecule has 0 saturated heterocycles. The molecule has 1 N–H and O–H groups in total. The Balaban J connectivity index is 1.67. The lowest BCUT2D eigenvalue weighted by molar-refractivity contribution is 0.395. The van der Waals surface area contributed by atoms with Gasteiger partial charge in [0.25, 0.3) is 0 Å². The third-order valence-electron chi connectivity index (χ3n) is 3.96. The van der Waals surface area contributed by atoms with Crippen LogP contribution in [0.2, 0.25) is 0 Å². The highest BCUT2D eigenvalue weighted by atomic mass is 79.9. The van der Waals surface area contributed by atoms with Gasteiger partial charge in [-0.1, -0.05) is 15.9 Å². The molecule has 7 nitrogen and oxygen atoms in total. The Kier molecular flexibility index (Phi) is 6.73. The predicted molar refractivity (Wildman–Crippen MR) is 114 cm³/mol. The molecule has 0 aliphatic heterocycles. The number of aliphatic imine (C=N–C) groups is 1. The lowest BCUT2D eigenvalue weighted by Crippen LogP contribution is -2.22. The molecule has 0 amide bonds. The fraction of sp³-hybridized carbons (Fsp3) is 0.150. The van der Waals surface area contributed by atoms with Crippen molar-refractivity contribution < 1.29 is 22.3 Å². The van der Waals surface area contributed by atoms with Crippen molar-refractivity contribution in [3.8, 4) is 11.5 Å². The lowest BCUT2D eigenvalue weighted by atomic mass is 10.3. The maximum absolute atomic E-state index is 12.3. The molecule has 0 bridgehead atoms. The van der Waals surface area contributed by atoms with Crippen molar-refractivity contribution in [1.82, 2.24) is 4.72 Å². The van der Waals surface area contributed by atoms with Gasteiger partial charge in [-0.2, -0.15) is 0 Å². The van der Waals surface area contributed by atoms with Gasteiger partial charge in [0.05, 0.1) is 31.9 Å². The molecule has 0 aliphatic carbocycles. The Morgan fingerprint density at radius 3 is 2.52 bits per heavy atom. The Labute approximate surface area is 177 Å². The number of hydrogen-bond acceptors (Lipinski definition) is 6. The number of rotatable bonds is 8. The summed E-state index contributed by atoms with van der Waals surface area (Å²) in [6.45, 7) is 0.0259. The Morgan fingerprint density at radius 1 is 1.07 bits per heavy atom. The van der Waals surface area contributed by atoms with E-state index >= 15 is 0 Å². The normalized spacial score (nSPS) is 11.7. The Bertz CT molecular complexity index is 1110. The summed E-state index contributed by atoms with van der Waals surface area (Å²) in [5.74, 6) is 2.18. The summed E-state index contributed by atoms with van der Waals surface area (Å²) in [6.07, 6.45) is 1.54. The molecular formula is C20H19BrN2O5S. The maximum Gasteiger partial charge on any atom is 0.240 e. The molecule has 0 spiro atoms. The van der Waals surface area contributed by atoms with Crippen LogP contribution >= 0.6 is 15.9 Å². The maximum atomic E-state index is 12.3. The molecule has 0 aliphatic rings. The molecule has 3 aromatic rings. The van der Waals surface area contributed by atoms with Crippen LogP contribution in [0.5, 0.6) is 11.5 Å². The summed E-state index contributed by atoms with van der Waals surface area (Å²) in [7, 11) is -0.501.